The molecule has 5 heteroatoms. The maximum atomic E-state index is 13.4. The predicted octanol–water partition coefficient (Wildman–Crippen LogP) is 5.45. The second-order valence-electron chi connectivity index (χ2n) is 6.22. The summed E-state index contributed by atoms with van der Waals surface area (Å²) in [6.45, 7) is 2.07. The van der Waals surface area contributed by atoms with Crippen molar-refractivity contribution in [3.8, 4) is 11.5 Å². The Morgan fingerprint density at radius 2 is 1.89 bits per heavy atom. The Bertz CT molecular complexity index is 1120. The highest BCUT2D eigenvalue weighted by atomic mass is 19.1. The van der Waals surface area contributed by atoms with Crippen LogP contribution in [0.3, 0.4) is 0 Å². The minimum absolute atomic E-state index is 0.189. The van der Waals surface area contributed by atoms with Crippen LogP contribution in [0.5, 0.6) is 0 Å². The molecule has 0 bridgehead atoms. The monoisotopic (exact) mass is 360 g/mol. The number of fused-ring (bicyclic) bond motifs is 1. The van der Waals surface area contributed by atoms with Gasteiger partial charge in [-0.15, -0.1) is 0 Å². The number of nitrogens with zero attached hydrogens (tertiary/aromatic N) is 1. The summed E-state index contributed by atoms with van der Waals surface area (Å²) in [5.74, 6) is -0.203. The maximum Gasteiger partial charge on any atom is 0.255 e. The molecule has 0 aliphatic rings. The average Bonchev–Trinajstić information content (AvgIpc) is 3.11. The Kier molecular flexibility index (Phi) is 4.42. The van der Waals surface area contributed by atoms with E-state index < -0.39 is 0 Å². The fourth-order valence-electron chi connectivity index (χ4n) is 2.85. The summed E-state index contributed by atoms with van der Waals surface area (Å²) in [6, 6.07) is 18.8. The quantitative estimate of drug-likeness (QED) is 0.526. The summed E-state index contributed by atoms with van der Waals surface area (Å²) >= 11 is 0. The van der Waals surface area contributed by atoms with Crippen LogP contribution in [-0.4, -0.2) is 10.9 Å². The van der Waals surface area contributed by atoms with Crippen LogP contribution < -0.4 is 5.32 Å². The zero-order valence-corrected chi connectivity index (χ0v) is 14.7. The summed E-state index contributed by atoms with van der Waals surface area (Å²) in [4.78, 5) is 16.8. The van der Waals surface area contributed by atoms with Crippen LogP contribution in [0.25, 0.3) is 22.6 Å². The van der Waals surface area contributed by atoms with Gasteiger partial charge < -0.3 is 9.73 Å². The molecule has 0 saturated carbocycles. The minimum atomic E-state index is -0.350. The van der Waals surface area contributed by atoms with Crippen molar-refractivity contribution in [1.29, 1.82) is 0 Å². The normalized spacial score (nSPS) is 10.9. The van der Waals surface area contributed by atoms with E-state index in [1.807, 2.05) is 24.3 Å². The molecule has 0 radical (unpaired) electrons. The first-order valence-electron chi connectivity index (χ1n) is 8.69. The molecular formula is C22H17FN2O2. The molecule has 27 heavy (non-hydrogen) atoms. The summed E-state index contributed by atoms with van der Waals surface area (Å²) in [7, 11) is 0. The van der Waals surface area contributed by atoms with Gasteiger partial charge in [-0.1, -0.05) is 25.1 Å². The first-order chi connectivity index (χ1) is 13.1. The van der Waals surface area contributed by atoms with Gasteiger partial charge in [0, 0.05) is 16.8 Å². The Morgan fingerprint density at radius 3 is 2.63 bits per heavy atom. The lowest BCUT2D eigenvalue weighted by molar-refractivity contribution is 0.102. The molecule has 0 aliphatic carbocycles. The molecule has 0 spiro atoms. The molecule has 4 nitrogen and oxygen atoms in total. The standard InChI is InChI=1S/C22H17FN2O2/c1-2-14-6-8-15(9-7-14)21(26)24-18-10-11-20-19(13-18)25-22(27-20)16-4-3-5-17(23)12-16/h3-13H,2H2,1H3,(H,24,26). The molecule has 3 aromatic carbocycles. The lowest BCUT2D eigenvalue weighted by Gasteiger charge is -2.05. The highest BCUT2D eigenvalue weighted by molar-refractivity contribution is 6.05. The van der Waals surface area contributed by atoms with Crippen molar-refractivity contribution < 1.29 is 13.6 Å². The zero-order chi connectivity index (χ0) is 18.8. The number of amides is 1. The van der Waals surface area contributed by atoms with Crippen molar-refractivity contribution in [2.24, 2.45) is 0 Å². The number of anilines is 1. The summed E-state index contributed by atoms with van der Waals surface area (Å²) in [5.41, 5.74) is 4.11. The van der Waals surface area contributed by atoms with E-state index in [4.69, 9.17) is 4.42 Å². The number of nitrogens with one attached hydrogen (secondary N) is 1. The Labute approximate surface area is 155 Å². The number of rotatable bonds is 4. The van der Waals surface area contributed by atoms with Crippen LogP contribution >= 0.6 is 0 Å². The highest BCUT2D eigenvalue weighted by Crippen LogP contribution is 2.26. The van der Waals surface area contributed by atoms with E-state index in [1.54, 1.807) is 30.3 Å². The average molecular weight is 360 g/mol. The SMILES string of the molecule is CCc1ccc(C(=O)Nc2ccc3oc(-c4cccc(F)c4)nc3c2)cc1. The van der Waals surface area contributed by atoms with Crippen LogP contribution in [0.15, 0.2) is 71.1 Å². The molecule has 134 valence electrons. The van der Waals surface area contributed by atoms with Crippen molar-refractivity contribution >= 4 is 22.7 Å². The third-order valence-corrected chi connectivity index (χ3v) is 4.34. The summed E-state index contributed by atoms with van der Waals surface area (Å²) < 4.78 is 19.1. The number of hydrogen-bond acceptors (Lipinski definition) is 3. The molecule has 0 aliphatic heterocycles. The molecule has 4 rings (SSSR count). The van der Waals surface area contributed by atoms with E-state index >= 15 is 0 Å². The second kappa shape index (κ2) is 7.03. The molecule has 0 fully saturated rings. The van der Waals surface area contributed by atoms with Crippen molar-refractivity contribution in [3.63, 3.8) is 0 Å². The van der Waals surface area contributed by atoms with E-state index in [0.717, 1.165) is 6.42 Å². The molecule has 4 aromatic rings. The highest BCUT2D eigenvalue weighted by Gasteiger charge is 2.11. The topological polar surface area (TPSA) is 55.1 Å². The van der Waals surface area contributed by atoms with Crippen LogP contribution in [0.1, 0.15) is 22.8 Å². The van der Waals surface area contributed by atoms with Gasteiger partial charge in [-0.05, 0) is 60.5 Å². The van der Waals surface area contributed by atoms with E-state index in [2.05, 4.69) is 17.2 Å². The Balaban J connectivity index is 1.58. The van der Waals surface area contributed by atoms with Crippen molar-refractivity contribution in [2.75, 3.05) is 5.32 Å². The van der Waals surface area contributed by atoms with Crippen molar-refractivity contribution in [3.05, 3.63) is 83.7 Å². The van der Waals surface area contributed by atoms with E-state index in [1.165, 1.54) is 17.7 Å². The van der Waals surface area contributed by atoms with Gasteiger partial charge in [-0.25, -0.2) is 9.37 Å². The molecule has 1 N–H and O–H groups in total. The maximum absolute atomic E-state index is 13.4. The van der Waals surface area contributed by atoms with Gasteiger partial charge in [0.15, 0.2) is 5.58 Å². The number of carbonyl (C=O) groups is 1. The third-order valence-electron chi connectivity index (χ3n) is 4.34. The van der Waals surface area contributed by atoms with Gasteiger partial charge in [0.1, 0.15) is 11.3 Å². The number of benzene rings is 3. The number of oxazole rings is 1. The molecule has 1 amide bonds. The Hall–Kier alpha value is -3.47. The first-order valence-corrected chi connectivity index (χ1v) is 8.69. The lowest BCUT2D eigenvalue weighted by Crippen LogP contribution is -2.11. The van der Waals surface area contributed by atoms with E-state index in [-0.39, 0.29) is 11.7 Å². The fraction of sp³-hybridized carbons (Fsp3) is 0.0909. The van der Waals surface area contributed by atoms with Gasteiger partial charge in [0.25, 0.3) is 5.91 Å². The zero-order valence-electron chi connectivity index (χ0n) is 14.7. The number of halogens is 1. The van der Waals surface area contributed by atoms with Gasteiger partial charge in [-0.3, -0.25) is 4.79 Å². The van der Waals surface area contributed by atoms with Crippen LogP contribution in [0.2, 0.25) is 0 Å². The number of aromatic nitrogens is 1. The predicted molar refractivity (Wildman–Crippen MR) is 103 cm³/mol. The van der Waals surface area contributed by atoms with Gasteiger partial charge in [-0.2, -0.15) is 0 Å². The fourth-order valence-corrected chi connectivity index (χ4v) is 2.85. The molecule has 1 aromatic heterocycles. The van der Waals surface area contributed by atoms with Crippen LogP contribution in [0, 0.1) is 5.82 Å². The molecule has 1 heterocycles. The third kappa shape index (κ3) is 3.58. The van der Waals surface area contributed by atoms with E-state index in [9.17, 15) is 9.18 Å². The van der Waals surface area contributed by atoms with Crippen LogP contribution in [-0.2, 0) is 6.42 Å². The smallest absolute Gasteiger partial charge is 0.255 e. The summed E-state index contributed by atoms with van der Waals surface area (Å²) in [5, 5.41) is 2.87. The number of carbonyl (C=O) groups excluding carboxylic acids is 1. The van der Waals surface area contributed by atoms with E-state index in [0.29, 0.717) is 33.8 Å². The number of aryl methyl sites for hydroxylation is 1. The van der Waals surface area contributed by atoms with Gasteiger partial charge in [0.05, 0.1) is 0 Å². The second-order valence-corrected chi connectivity index (χ2v) is 6.22. The Morgan fingerprint density at radius 1 is 1.07 bits per heavy atom. The van der Waals surface area contributed by atoms with Crippen molar-refractivity contribution in [2.45, 2.75) is 13.3 Å². The molecule has 0 saturated heterocycles. The molecule has 0 atom stereocenters. The number of hydrogen-bond donors (Lipinski definition) is 1. The van der Waals surface area contributed by atoms with Gasteiger partial charge in [0.2, 0.25) is 5.89 Å². The molecular weight excluding hydrogens is 343 g/mol. The minimum Gasteiger partial charge on any atom is -0.436 e. The molecule has 0 unspecified atom stereocenters. The van der Waals surface area contributed by atoms with Crippen molar-refractivity contribution in [1.82, 2.24) is 4.98 Å². The first kappa shape index (κ1) is 17.0. The van der Waals surface area contributed by atoms with Gasteiger partial charge >= 0.3 is 0 Å². The largest absolute Gasteiger partial charge is 0.436 e. The van der Waals surface area contributed by atoms with Crippen LogP contribution in [0.4, 0.5) is 10.1 Å². The summed E-state index contributed by atoms with van der Waals surface area (Å²) in [6.07, 6.45) is 0.929. The lowest BCUT2D eigenvalue weighted by atomic mass is 10.1.